The first kappa shape index (κ1) is 13.1. The highest BCUT2D eigenvalue weighted by molar-refractivity contribution is 5.37. The molecule has 1 N–H and O–H groups in total. The maximum atomic E-state index is 4.72. The van der Waals surface area contributed by atoms with Crippen molar-refractivity contribution in [1.29, 1.82) is 0 Å². The van der Waals surface area contributed by atoms with Gasteiger partial charge < -0.3 is 9.88 Å². The van der Waals surface area contributed by atoms with Crippen molar-refractivity contribution >= 4 is 5.82 Å². The lowest BCUT2D eigenvalue weighted by Gasteiger charge is -2.09. The fraction of sp³-hybridized carbons (Fsp3) is 0.533. The van der Waals surface area contributed by atoms with Crippen LogP contribution in [0.15, 0.2) is 18.5 Å². The zero-order valence-corrected chi connectivity index (χ0v) is 12.1. The SMILES string of the molecule is CCCNc1cc(Cc2nccn2C)nc(C2CC2)n1. The molecule has 2 aromatic rings. The van der Waals surface area contributed by atoms with Gasteiger partial charge in [0.05, 0.1) is 5.69 Å². The van der Waals surface area contributed by atoms with Crippen LogP contribution in [-0.4, -0.2) is 26.1 Å². The molecule has 5 nitrogen and oxygen atoms in total. The van der Waals surface area contributed by atoms with Crippen molar-refractivity contribution in [3.8, 4) is 0 Å². The highest BCUT2D eigenvalue weighted by Gasteiger charge is 2.27. The van der Waals surface area contributed by atoms with E-state index in [1.54, 1.807) is 0 Å². The quantitative estimate of drug-likeness (QED) is 0.877. The van der Waals surface area contributed by atoms with E-state index in [9.17, 15) is 0 Å². The minimum absolute atomic E-state index is 0.568. The Balaban J connectivity index is 1.84. The number of anilines is 1. The predicted octanol–water partition coefficient (Wildman–Crippen LogP) is 2.50. The van der Waals surface area contributed by atoms with E-state index in [0.29, 0.717) is 5.92 Å². The summed E-state index contributed by atoms with van der Waals surface area (Å²) in [5.41, 5.74) is 1.05. The minimum Gasteiger partial charge on any atom is -0.370 e. The van der Waals surface area contributed by atoms with E-state index in [-0.39, 0.29) is 0 Å². The van der Waals surface area contributed by atoms with Crippen LogP contribution in [0.25, 0.3) is 0 Å². The summed E-state index contributed by atoms with van der Waals surface area (Å²) in [6.07, 6.45) is 8.09. The van der Waals surface area contributed by atoms with E-state index in [1.807, 2.05) is 24.0 Å². The molecule has 0 radical (unpaired) electrons. The third-order valence-electron chi connectivity index (χ3n) is 3.56. The van der Waals surface area contributed by atoms with Crippen LogP contribution >= 0.6 is 0 Å². The standard InChI is InChI=1S/C15H21N5/c1-3-6-16-13-9-12(10-14-17-7-8-20(14)2)18-15(19-13)11-4-5-11/h7-9,11H,3-6,10H2,1-2H3,(H,16,18,19). The average Bonchev–Trinajstić information content (AvgIpc) is 3.22. The minimum atomic E-state index is 0.568. The first-order valence-corrected chi connectivity index (χ1v) is 7.34. The zero-order chi connectivity index (χ0) is 13.9. The van der Waals surface area contributed by atoms with Gasteiger partial charge >= 0.3 is 0 Å². The van der Waals surface area contributed by atoms with Crippen LogP contribution in [0, 0.1) is 0 Å². The summed E-state index contributed by atoms with van der Waals surface area (Å²) < 4.78 is 2.04. The Morgan fingerprint density at radius 3 is 2.85 bits per heavy atom. The molecule has 1 fully saturated rings. The molecule has 5 heteroatoms. The normalized spacial score (nSPS) is 14.5. The van der Waals surface area contributed by atoms with Crippen LogP contribution in [0.1, 0.15) is 49.4 Å². The second-order valence-corrected chi connectivity index (χ2v) is 5.43. The van der Waals surface area contributed by atoms with Gasteiger partial charge in [-0.15, -0.1) is 0 Å². The smallest absolute Gasteiger partial charge is 0.134 e. The highest BCUT2D eigenvalue weighted by Crippen LogP contribution is 2.38. The molecule has 0 unspecified atom stereocenters. The Hall–Kier alpha value is -1.91. The van der Waals surface area contributed by atoms with Crippen LogP contribution in [0.4, 0.5) is 5.82 Å². The summed E-state index contributed by atoms with van der Waals surface area (Å²) >= 11 is 0. The van der Waals surface area contributed by atoms with Crippen LogP contribution in [0.2, 0.25) is 0 Å². The molecule has 1 aliphatic rings. The van der Waals surface area contributed by atoms with E-state index in [1.165, 1.54) is 12.8 Å². The molecule has 0 aliphatic heterocycles. The summed E-state index contributed by atoms with van der Waals surface area (Å²) in [4.78, 5) is 13.7. The Labute approximate surface area is 119 Å². The largest absolute Gasteiger partial charge is 0.370 e. The Bertz CT molecular complexity index is 586. The lowest BCUT2D eigenvalue weighted by atomic mass is 10.2. The second kappa shape index (κ2) is 5.61. The van der Waals surface area contributed by atoms with E-state index in [0.717, 1.165) is 42.5 Å². The molecule has 20 heavy (non-hydrogen) atoms. The van der Waals surface area contributed by atoms with Gasteiger partial charge in [-0.1, -0.05) is 6.92 Å². The summed E-state index contributed by atoms with van der Waals surface area (Å²) in [5, 5.41) is 3.37. The molecule has 3 rings (SSSR count). The first-order valence-electron chi connectivity index (χ1n) is 7.34. The monoisotopic (exact) mass is 271 g/mol. The van der Waals surface area contributed by atoms with Gasteiger partial charge in [-0.05, 0) is 19.3 Å². The van der Waals surface area contributed by atoms with Gasteiger partial charge in [-0.2, -0.15) is 0 Å². The summed E-state index contributed by atoms with van der Waals surface area (Å²) in [7, 11) is 2.02. The molecule has 0 atom stereocenters. The molecule has 1 saturated carbocycles. The number of rotatable bonds is 6. The van der Waals surface area contributed by atoms with Crippen LogP contribution < -0.4 is 5.32 Å². The highest BCUT2D eigenvalue weighted by atomic mass is 15.1. The van der Waals surface area contributed by atoms with Gasteiger partial charge in [0, 0.05) is 44.4 Å². The Morgan fingerprint density at radius 2 is 2.20 bits per heavy atom. The molecule has 1 aliphatic carbocycles. The lowest BCUT2D eigenvalue weighted by molar-refractivity contribution is 0.796. The first-order chi connectivity index (χ1) is 9.76. The molecule has 0 saturated heterocycles. The number of nitrogens with one attached hydrogen (secondary N) is 1. The summed E-state index contributed by atoms with van der Waals surface area (Å²) in [5.74, 6) is 3.55. The number of hydrogen-bond donors (Lipinski definition) is 1. The van der Waals surface area contributed by atoms with Crippen molar-refractivity contribution in [2.75, 3.05) is 11.9 Å². The molecule has 0 amide bonds. The number of hydrogen-bond acceptors (Lipinski definition) is 4. The van der Waals surface area contributed by atoms with Crippen LogP contribution in [0.3, 0.4) is 0 Å². The van der Waals surface area contributed by atoms with Crippen molar-refractivity contribution in [2.24, 2.45) is 7.05 Å². The number of nitrogens with zero attached hydrogens (tertiary/aromatic N) is 4. The maximum Gasteiger partial charge on any atom is 0.134 e. The molecule has 106 valence electrons. The molecule has 0 spiro atoms. The lowest BCUT2D eigenvalue weighted by Crippen LogP contribution is -2.08. The van der Waals surface area contributed by atoms with Crippen molar-refractivity contribution in [1.82, 2.24) is 19.5 Å². The van der Waals surface area contributed by atoms with E-state index in [4.69, 9.17) is 4.98 Å². The fourth-order valence-electron chi connectivity index (χ4n) is 2.21. The molecular formula is C15H21N5. The predicted molar refractivity (Wildman–Crippen MR) is 78.8 cm³/mol. The maximum absolute atomic E-state index is 4.72. The summed E-state index contributed by atoms with van der Waals surface area (Å²) in [6.45, 7) is 3.10. The summed E-state index contributed by atoms with van der Waals surface area (Å²) in [6, 6.07) is 2.05. The van der Waals surface area contributed by atoms with Crippen molar-refractivity contribution < 1.29 is 0 Å². The topological polar surface area (TPSA) is 55.6 Å². The fourth-order valence-corrected chi connectivity index (χ4v) is 2.21. The van der Waals surface area contributed by atoms with Gasteiger partial charge in [-0.25, -0.2) is 15.0 Å². The number of aromatic nitrogens is 4. The van der Waals surface area contributed by atoms with Gasteiger partial charge in [0.25, 0.3) is 0 Å². The van der Waals surface area contributed by atoms with Crippen molar-refractivity contribution in [3.05, 3.63) is 35.8 Å². The van der Waals surface area contributed by atoms with Gasteiger partial charge in [0.1, 0.15) is 17.5 Å². The third-order valence-corrected chi connectivity index (χ3v) is 3.56. The van der Waals surface area contributed by atoms with Crippen molar-refractivity contribution in [3.63, 3.8) is 0 Å². The zero-order valence-electron chi connectivity index (χ0n) is 12.1. The Kier molecular flexibility index (Phi) is 3.67. The molecule has 2 heterocycles. The van der Waals surface area contributed by atoms with Crippen LogP contribution in [-0.2, 0) is 13.5 Å². The van der Waals surface area contributed by atoms with Gasteiger partial charge in [-0.3, -0.25) is 0 Å². The van der Waals surface area contributed by atoms with Crippen LogP contribution in [0.5, 0.6) is 0 Å². The van der Waals surface area contributed by atoms with E-state index in [2.05, 4.69) is 28.3 Å². The molecule has 0 aromatic carbocycles. The number of imidazole rings is 1. The van der Waals surface area contributed by atoms with Gasteiger partial charge in [0.2, 0.25) is 0 Å². The Morgan fingerprint density at radius 1 is 1.35 bits per heavy atom. The second-order valence-electron chi connectivity index (χ2n) is 5.43. The molecule has 0 bridgehead atoms. The van der Waals surface area contributed by atoms with E-state index < -0.39 is 0 Å². The average molecular weight is 271 g/mol. The van der Waals surface area contributed by atoms with E-state index >= 15 is 0 Å². The third kappa shape index (κ3) is 2.98. The molecular weight excluding hydrogens is 250 g/mol. The van der Waals surface area contributed by atoms with Crippen molar-refractivity contribution in [2.45, 2.75) is 38.5 Å². The number of aryl methyl sites for hydroxylation is 1. The van der Waals surface area contributed by atoms with Gasteiger partial charge in [0.15, 0.2) is 0 Å². The molecule has 2 aromatic heterocycles.